The summed E-state index contributed by atoms with van der Waals surface area (Å²) in [7, 11) is 0. The molecule has 0 saturated carbocycles. The molecule has 22 heavy (non-hydrogen) atoms. The molecule has 0 amide bonds. The van der Waals surface area contributed by atoms with Crippen molar-refractivity contribution >= 4 is 11.0 Å². The Bertz CT molecular complexity index is 773. The Labute approximate surface area is 130 Å². The number of nitrogens with zero attached hydrogens (tertiary/aromatic N) is 3. The number of ether oxygens (including phenoxy) is 1. The average molecular weight is 293 g/mol. The molecule has 0 aliphatic carbocycles. The first kappa shape index (κ1) is 14.5. The van der Waals surface area contributed by atoms with E-state index in [2.05, 4.69) is 30.2 Å². The van der Waals surface area contributed by atoms with Crippen LogP contribution in [0.1, 0.15) is 25.6 Å². The van der Waals surface area contributed by atoms with E-state index in [9.17, 15) is 0 Å². The van der Waals surface area contributed by atoms with E-state index < -0.39 is 0 Å². The van der Waals surface area contributed by atoms with Gasteiger partial charge < -0.3 is 4.74 Å². The lowest BCUT2D eigenvalue weighted by molar-refractivity contribution is 0.0441. The van der Waals surface area contributed by atoms with Gasteiger partial charge in [-0.1, -0.05) is 59.3 Å². The van der Waals surface area contributed by atoms with Crippen molar-refractivity contribution in [1.29, 1.82) is 0 Å². The molecule has 1 aromatic heterocycles. The van der Waals surface area contributed by atoms with Gasteiger partial charge in [0.25, 0.3) is 0 Å². The average Bonchev–Trinajstić information content (AvgIpc) is 2.96. The highest BCUT2D eigenvalue weighted by Crippen LogP contribution is 2.23. The lowest BCUT2D eigenvalue weighted by atomic mass is 10.2. The number of para-hydroxylation sites is 1. The van der Waals surface area contributed by atoms with Gasteiger partial charge in [-0.2, -0.15) is 0 Å². The molecule has 0 spiro atoms. The summed E-state index contributed by atoms with van der Waals surface area (Å²) in [6.07, 6.45) is 1.78. The monoisotopic (exact) mass is 293 g/mol. The zero-order chi connectivity index (χ0) is 15.4. The molecule has 0 aliphatic rings. The van der Waals surface area contributed by atoms with Crippen molar-refractivity contribution in [2.45, 2.75) is 20.1 Å². The standard InChI is InChI=1S/C18H19N3O/c1-14(2)12-13-22-18(15-8-4-3-5-9-15)21-17-11-7-6-10-16(17)19-20-21/h3-12,18H,13H2,1-2H3. The molecule has 1 atom stereocenters. The minimum Gasteiger partial charge on any atom is -0.348 e. The fourth-order valence-corrected chi connectivity index (χ4v) is 2.29. The van der Waals surface area contributed by atoms with Crippen LogP contribution in [0, 0.1) is 0 Å². The van der Waals surface area contributed by atoms with Crippen LogP contribution in [0.5, 0.6) is 0 Å². The predicted molar refractivity (Wildman–Crippen MR) is 87.5 cm³/mol. The normalized spacial score (nSPS) is 12.3. The van der Waals surface area contributed by atoms with E-state index in [1.165, 1.54) is 5.57 Å². The molecule has 3 rings (SSSR count). The fraction of sp³-hybridized carbons (Fsp3) is 0.222. The first-order valence-electron chi connectivity index (χ1n) is 7.35. The number of fused-ring (bicyclic) bond motifs is 1. The van der Waals surface area contributed by atoms with E-state index in [4.69, 9.17) is 4.74 Å². The molecular formula is C18H19N3O. The molecule has 4 heteroatoms. The lowest BCUT2D eigenvalue weighted by Gasteiger charge is -2.18. The zero-order valence-corrected chi connectivity index (χ0v) is 12.8. The van der Waals surface area contributed by atoms with E-state index in [0.717, 1.165) is 16.6 Å². The van der Waals surface area contributed by atoms with Gasteiger partial charge in [-0.15, -0.1) is 5.10 Å². The first-order valence-corrected chi connectivity index (χ1v) is 7.35. The van der Waals surface area contributed by atoms with Gasteiger partial charge in [-0.3, -0.25) is 0 Å². The molecule has 0 N–H and O–H groups in total. The van der Waals surface area contributed by atoms with Crippen LogP contribution in [-0.4, -0.2) is 21.6 Å². The van der Waals surface area contributed by atoms with Gasteiger partial charge in [0.15, 0.2) is 6.23 Å². The Hall–Kier alpha value is -2.46. The van der Waals surface area contributed by atoms with Crippen molar-refractivity contribution in [2.24, 2.45) is 0 Å². The van der Waals surface area contributed by atoms with Crippen molar-refractivity contribution in [1.82, 2.24) is 15.0 Å². The van der Waals surface area contributed by atoms with Crippen LogP contribution in [0.3, 0.4) is 0 Å². The van der Waals surface area contributed by atoms with Crippen molar-refractivity contribution in [3.05, 3.63) is 71.8 Å². The molecule has 0 radical (unpaired) electrons. The van der Waals surface area contributed by atoms with Crippen LogP contribution < -0.4 is 0 Å². The van der Waals surface area contributed by atoms with Crippen LogP contribution >= 0.6 is 0 Å². The second kappa shape index (κ2) is 6.54. The molecular weight excluding hydrogens is 274 g/mol. The van der Waals surface area contributed by atoms with Crippen molar-refractivity contribution < 1.29 is 4.74 Å². The topological polar surface area (TPSA) is 39.9 Å². The molecule has 1 heterocycles. The van der Waals surface area contributed by atoms with Gasteiger partial charge >= 0.3 is 0 Å². The molecule has 112 valence electrons. The Kier molecular flexibility index (Phi) is 4.30. The van der Waals surface area contributed by atoms with E-state index in [0.29, 0.717) is 6.61 Å². The third kappa shape index (κ3) is 3.07. The molecule has 0 saturated heterocycles. The van der Waals surface area contributed by atoms with Crippen LogP contribution in [-0.2, 0) is 4.74 Å². The van der Waals surface area contributed by atoms with E-state index in [-0.39, 0.29) is 6.23 Å². The van der Waals surface area contributed by atoms with E-state index in [1.54, 1.807) is 0 Å². The minimum atomic E-state index is -0.288. The number of allylic oxidation sites excluding steroid dienone is 1. The van der Waals surface area contributed by atoms with E-state index >= 15 is 0 Å². The summed E-state index contributed by atoms with van der Waals surface area (Å²) in [6.45, 7) is 4.66. The molecule has 1 unspecified atom stereocenters. The lowest BCUT2D eigenvalue weighted by Crippen LogP contribution is -2.16. The van der Waals surface area contributed by atoms with Crippen molar-refractivity contribution in [2.75, 3.05) is 6.61 Å². The van der Waals surface area contributed by atoms with Crippen molar-refractivity contribution in [3.63, 3.8) is 0 Å². The minimum absolute atomic E-state index is 0.288. The van der Waals surface area contributed by atoms with Gasteiger partial charge in [0.2, 0.25) is 0 Å². The summed E-state index contributed by atoms with van der Waals surface area (Å²) in [6, 6.07) is 18.0. The molecule has 2 aromatic carbocycles. The summed E-state index contributed by atoms with van der Waals surface area (Å²) < 4.78 is 7.91. The Morgan fingerprint density at radius 3 is 2.59 bits per heavy atom. The summed E-state index contributed by atoms with van der Waals surface area (Å²) in [5, 5.41) is 8.52. The number of hydrogen-bond donors (Lipinski definition) is 0. The van der Waals surface area contributed by atoms with Gasteiger partial charge in [-0.05, 0) is 26.0 Å². The van der Waals surface area contributed by atoms with Crippen molar-refractivity contribution in [3.8, 4) is 0 Å². The fourth-order valence-electron chi connectivity index (χ4n) is 2.29. The molecule has 0 bridgehead atoms. The second-order valence-corrected chi connectivity index (χ2v) is 5.40. The third-order valence-corrected chi connectivity index (χ3v) is 3.43. The van der Waals surface area contributed by atoms with Gasteiger partial charge in [0, 0.05) is 5.56 Å². The summed E-state index contributed by atoms with van der Waals surface area (Å²) in [4.78, 5) is 0. The smallest absolute Gasteiger partial charge is 0.178 e. The largest absolute Gasteiger partial charge is 0.348 e. The number of rotatable bonds is 5. The SMILES string of the molecule is CC(C)=CCOC(c1ccccc1)n1nnc2ccccc21. The molecule has 0 aliphatic heterocycles. The quantitative estimate of drug-likeness (QED) is 0.668. The highest BCUT2D eigenvalue weighted by molar-refractivity contribution is 5.74. The van der Waals surface area contributed by atoms with Gasteiger partial charge in [0.1, 0.15) is 5.52 Å². The third-order valence-electron chi connectivity index (χ3n) is 3.43. The van der Waals surface area contributed by atoms with E-state index in [1.807, 2.05) is 59.3 Å². The maximum Gasteiger partial charge on any atom is 0.178 e. The van der Waals surface area contributed by atoms with Crippen LogP contribution in [0.2, 0.25) is 0 Å². The summed E-state index contributed by atoms with van der Waals surface area (Å²) in [5.41, 5.74) is 4.12. The maximum atomic E-state index is 6.08. The summed E-state index contributed by atoms with van der Waals surface area (Å²) in [5.74, 6) is 0. The van der Waals surface area contributed by atoms with Crippen LogP contribution in [0.15, 0.2) is 66.2 Å². The zero-order valence-electron chi connectivity index (χ0n) is 12.8. The molecule has 0 fully saturated rings. The maximum absolute atomic E-state index is 6.08. The van der Waals surface area contributed by atoms with Crippen LogP contribution in [0.25, 0.3) is 11.0 Å². The molecule has 3 aromatic rings. The number of benzene rings is 2. The first-order chi connectivity index (χ1) is 10.8. The Morgan fingerprint density at radius 1 is 1.09 bits per heavy atom. The Balaban J connectivity index is 1.99. The summed E-state index contributed by atoms with van der Waals surface area (Å²) >= 11 is 0. The highest BCUT2D eigenvalue weighted by atomic mass is 16.5. The Morgan fingerprint density at radius 2 is 1.82 bits per heavy atom. The highest BCUT2D eigenvalue weighted by Gasteiger charge is 2.17. The van der Waals surface area contributed by atoms with Gasteiger partial charge in [-0.25, -0.2) is 4.68 Å². The number of aromatic nitrogens is 3. The molecule has 4 nitrogen and oxygen atoms in total. The predicted octanol–water partition coefficient (Wildman–Crippen LogP) is 3.96. The van der Waals surface area contributed by atoms with Gasteiger partial charge in [0.05, 0.1) is 12.1 Å². The van der Waals surface area contributed by atoms with Crippen LogP contribution in [0.4, 0.5) is 0 Å². The second-order valence-electron chi connectivity index (χ2n) is 5.40. The number of hydrogen-bond acceptors (Lipinski definition) is 3.